The quantitative estimate of drug-likeness (QED) is 0.210. The fourth-order valence-electron chi connectivity index (χ4n) is 5.06. The molecule has 0 aliphatic heterocycles. The van der Waals surface area contributed by atoms with Crippen molar-refractivity contribution in [2.24, 2.45) is 10.9 Å². The maximum Gasteiger partial charge on any atom is 0.407 e. The van der Waals surface area contributed by atoms with Crippen molar-refractivity contribution < 1.29 is 9.90 Å². The molecule has 0 bridgehead atoms. The van der Waals surface area contributed by atoms with Gasteiger partial charge in [-0.3, -0.25) is 9.98 Å². The van der Waals surface area contributed by atoms with Crippen LogP contribution >= 0.6 is 12.6 Å². The molecule has 1 aliphatic carbocycles. The highest BCUT2D eigenvalue weighted by atomic mass is 32.1. The summed E-state index contributed by atoms with van der Waals surface area (Å²) in [6.45, 7) is 7.32. The van der Waals surface area contributed by atoms with Gasteiger partial charge in [-0.2, -0.15) is 17.9 Å². The van der Waals surface area contributed by atoms with E-state index in [1.165, 1.54) is 4.90 Å². The number of aromatic nitrogens is 1. The molecule has 0 spiro atoms. The average Bonchev–Trinajstić information content (AvgIpc) is 2.95. The first-order valence-electron chi connectivity index (χ1n) is 13.4. The second kappa shape index (κ2) is 14.5. The summed E-state index contributed by atoms with van der Waals surface area (Å²) < 4.78 is 0. The molecule has 8 heteroatoms. The molecular weight excluding hydrogens is 506 g/mol. The lowest BCUT2D eigenvalue weighted by molar-refractivity contribution is 0.139. The first kappa shape index (κ1) is 30.0. The number of benzene rings is 1. The van der Waals surface area contributed by atoms with Gasteiger partial charge in [0.05, 0.1) is 24.0 Å². The van der Waals surface area contributed by atoms with Gasteiger partial charge in [-0.05, 0) is 75.6 Å². The molecule has 0 radical (unpaired) electrons. The van der Waals surface area contributed by atoms with Crippen LogP contribution < -0.4 is 0 Å². The van der Waals surface area contributed by atoms with Gasteiger partial charge in [0.2, 0.25) is 0 Å². The monoisotopic (exact) mass is 545 g/mol. The number of hydrogen-bond acceptors (Lipinski definition) is 6. The molecule has 39 heavy (non-hydrogen) atoms. The Labute approximate surface area is 238 Å². The number of likely N-dealkylation sites (N-methyl/N-ethyl adjacent to an activating group) is 1. The fourth-order valence-corrected chi connectivity index (χ4v) is 5.24. The van der Waals surface area contributed by atoms with E-state index in [9.17, 15) is 15.2 Å². The Morgan fingerprint density at radius 3 is 2.64 bits per heavy atom. The summed E-state index contributed by atoms with van der Waals surface area (Å²) in [4.78, 5) is 24.8. The maximum absolute atomic E-state index is 12.1. The number of aliphatic imine (C=N–C) groups is 1. The molecule has 3 rings (SSSR count). The molecule has 1 aromatic carbocycles. The van der Waals surface area contributed by atoms with Crippen molar-refractivity contribution in [3.63, 3.8) is 0 Å². The highest BCUT2D eigenvalue weighted by molar-refractivity contribution is 7.80. The molecule has 1 amide bonds. The lowest BCUT2D eigenvalue weighted by atomic mass is 9.86. The lowest BCUT2D eigenvalue weighted by Crippen LogP contribution is -2.38. The van der Waals surface area contributed by atoms with Gasteiger partial charge >= 0.3 is 6.09 Å². The van der Waals surface area contributed by atoms with Crippen LogP contribution in [0.3, 0.4) is 0 Å². The van der Waals surface area contributed by atoms with Crippen LogP contribution in [0.5, 0.6) is 0 Å². The summed E-state index contributed by atoms with van der Waals surface area (Å²) >= 11 is 4.41. The van der Waals surface area contributed by atoms with Crippen LogP contribution in [0.15, 0.2) is 76.9 Å². The predicted molar refractivity (Wildman–Crippen MR) is 161 cm³/mol. The van der Waals surface area contributed by atoms with Crippen LogP contribution in [0.4, 0.5) is 4.79 Å². The number of carbonyl (C=O) groups is 1. The van der Waals surface area contributed by atoms with Gasteiger partial charge in [0.25, 0.3) is 0 Å². The van der Waals surface area contributed by atoms with Crippen molar-refractivity contribution in [1.29, 1.82) is 5.26 Å². The van der Waals surface area contributed by atoms with Gasteiger partial charge in [-0.1, -0.05) is 42.5 Å². The Morgan fingerprint density at radius 1 is 1.23 bits per heavy atom. The van der Waals surface area contributed by atoms with Crippen molar-refractivity contribution in [2.45, 2.75) is 51.1 Å². The second-order valence-electron chi connectivity index (χ2n) is 10.3. The highest BCUT2D eigenvalue weighted by Crippen LogP contribution is 2.34. The molecule has 1 heterocycles. The van der Waals surface area contributed by atoms with Crippen LogP contribution in [-0.4, -0.2) is 64.1 Å². The van der Waals surface area contributed by atoms with Gasteiger partial charge in [-0.25, -0.2) is 4.79 Å². The number of pyridine rings is 1. The summed E-state index contributed by atoms with van der Waals surface area (Å²) in [5.74, 6) is 1.16. The van der Waals surface area contributed by atoms with Crippen LogP contribution in [0.1, 0.15) is 44.7 Å². The van der Waals surface area contributed by atoms with Crippen molar-refractivity contribution in [3.05, 3.63) is 77.6 Å². The van der Waals surface area contributed by atoms with E-state index >= 15 is 0 Å². The molecule has 2 atom stereocenters. The molecule has 1 aliphatic rings. The lowest BCUT2D eigenvalue weighted by Gasteiger charge is -2.38. The summed E-state index contributed by atoms with van der Waals surface area (Å²) in [7, 11) is 2.04. The molecule has 1 aromatic heterocycles. The van der Waals surface area contributed by atoms with Crippen molar-refractivity contribution in [3.8, 4) is 17.3 Å². The van der Waals surface area contributed by atoms with Gasteiger partial charge < -0.3 is 14.9 Å². The van der Waals surface area contributed by atoms with E-state index < -0.39 is 11.6 Å². The molecule has 2 aromatic rings. The zero-order valence-electron chi connectivity index (χ0n) is 23.0. The minimum atomic E-state index is -0.943. The fraction of sp³-hybridized carbons (Fsp3) is 0.419. The number of allylic oxidation sites excluding steroid dienone is 2. The third-order valence-electron chi connectivity index (χ3n) is 7.30. The van der Waals surface area contributed by atoms with Gasteiger partial charge in [0, 0.05) is 37.0 Å². The normalized spacial score (nSPS) is 17.4. The molecule has 0 saturated heterocycles. The van der Waals surface area contributed by atoms with E-state index in [1.807, 2.05) is 74.7 Å². The Bertz CT molecular complexity index is 1220. The summed E-state index contributed by atoms with van der Waals surface area (Å²) in [5, 5.41) is 19.3. The van der Waals surface area contributed by atoms with E-state index in [0.717, 1.165) is 60.6 Å². The third-order valence-corrected chi connectivity index (χ3v) is 7.61. The van der Waals surface area contributed by atoms with E-state index in [1.54, 1.807) is 0 Å². The van der Waals surface area contributed by atoms with Crippen molar-refractivity contribution in [1.82, 2.24) is 14.8 Å². The Morgan fingerprint density at radius 2 is 1.97 bits per heavy atom. The Balaban J connectivity index is 1.64. The molecule has 0 fully saturated rings. The van der Waals surface area contributed by atoms with Crippen LogP contribution in [-0.2, 0) is 6.54 Å². The maximum atomic E-state index is 12.1. The number of nitrogens with zero attached hydrogens (tertiary/aromatic N) is 5. The number of hydrogen-bond donors (Lipinski definition) is 2. The smallest absolute Gasteiger partial charge is 0.407 e. The van der Waals surface area contributed by atoms with E-state index in [4.69, 9.17) is 4.98 Å². The minimum Gasteiger partial charge on any atom is -0.465 e. The largest absolute Gasteiger partial charge is 0.465 e. The van der Waals surface area contributed by atoms with E-state index in [0.29, 0.717) is 24.5 Å². The number of amides is 1. The van der Waals surface area contributed by atoms with E-state index in [2.05, 4.69) is 35.3 Å². The third kappa shape index (κ3) is 8.46. The SMILES string of the molecule is C=NC1(C)CC=C(C#N)C=C1N(C)CC(CCCS)CCCN(Cc1cccc(-c2ccccc2)n1)C(=O)O. The van der Waals surface area contributed by atoms with Crippen molar-refractivity contribution >= 4 is 25.4 Å². The summed E-state index contributed by atoms with van der Waals surface area (Å²) in [6.07, 6.45) is 7.13. The molecule has 206 valence electrons. The van der Waals surface area contributed by atoms with Crippen LogP contribution in [0.25, 0.3) is 11.3 Å². The molecule has 1 N–H and O–H groups in total. The number of carboxylic acid groups (broad SMARTS) is 1. The predicted octanol–water partition coefficient (Wildman–Crippen LogP) is 6.46. The average molecular weight is 546 g/mol. The van der Waals surface area contributed by atoms with Gasteiger partial charge in [0.15, 0.2) is 0 Å². The standard InChI is InChI=1S/C31H39N5O2S/c1-31(33-2)17-16-25(21-32)20-29(31)35(3)22-24(11-9-19-39)10-8-18-36(30(37)38)23-27-14-7-15-28(34-27)26-12-5-4-6-13-26/h4-7,12-16,20,24,39H,2,8-11,17-19,22-23H2,1,3H3,(H,37,38). The number of nitriles is 1. The number of rotatable bonds is 14. The van der Waals surface area contributed by atoms with Crippen molar-refractivity contribution in [2.75, 3.05) is 25.9 Å². The molecular formula is C31H39N5O2S. The zero-order chi connectivity index (χ0) is 28.3. The first-order chi connectivity index (χ1) is 18.8. The topological polar surface area (TPSA) is 92.8 Å². The van der Waals surface area contributed by atoms with E-state index in [-0.39, 0.29) is 6.54 Å². The number of thiol groups is 1. The van der Waals surface area contributed by atoms with Crippen LogP contribution in [0, 0.1) is 17.2 Å². The Kier molecular flexibility index (Phi) is 11.2. The Hall–Kier alpha value is -3.57. The van der Waals surface area contributed by atoms with Gasteiger partial charge in [0.1, 0.15) is 5.54 Å². The zero-order valence-corrected chi connectivity index (χ0v) is 23.9. The second-order valence-corrected chi connectivity index (χ2v) is 10.7. The molecule has 2 unspecified atom stereocenters. The minimum absolute atomic E-state index is 0.247. The summed E-state index contributed by atoms with van der Waals surface area (Å²) in [6, 6.07) is 17.9. The first-order valence-corrected chi connectivity index (χ1v) is 14.0. The highest BCUT2D eigenvalue weighted by Gasteiger charge is 2.32. The summed E-state index contributed by atoms with van der Waals surface area (Å²) in [5.41, 5.74) is 3.74. The molecule has 7 nitrogen and oxygen atoms in total. The van der Waals surface area contributed by atoms with Crippen LogP contribution in [0.2, 0.25) is 0 Å². The van der Waals surface area contributed by atoms with Gasteiger partial charge in [-0.15, -0.1) is 0 Å². The molecule has 0 saturated carbocycles.